The summed E-state index contributed by atoms with van der Waals surface area (Å²) in [6.45, 7) is 10.5. The van der Waals surface area contributed by atoms with E-state index < -0.39 is 0 Å². The van der Waals surface area contributed by atoms with Gasteiger partial charge in [0, 0.05) is 20.2 Å². The zero-order chi connectivity index (χ0) is 18.1. The fraction of sp³-hybridized carbons (Fsp3) is 0.333. The van der Waals surface area contributed by atoms with Crippen molar-refractivity contribution in [3.05, 3.63) is 54.6 Å². The summed E-state index contributed by atoms with van der Waals surface area (Å²) in [4.78, 5) is 0. The molecule has 1 aliphatic heterocycles. The minimum atomic E-state index is 0.383. The SMILES string of the molecule is CC1(C)CB(c2cc3sc4ccccc4c3c3ccccc23)CC1(C)C. The van der Waals surface area contributed by atoms with Gasteiger partial charge in [0.15, 0.2) is 6.71 Å². The van der Waals surface area contributed by atoms with Crippen molar-refractivity contribution in [3.8, 4) is 0 Å². The molecule has 4 aromatic rings. The van der Waals surface area contributed by atoms with Crippen LogP contribution < -0.4 is 5.46 Å². The van der Waals surface area contributed by atoms with E-state index in [2.05, 4.69) is 82.3 Å². The van der Waals surface area contributed by atoms with Crippen LogP contribution in [0.2, 0.25) is 12.6 Å². The van der Waals surface area contributed by atoms with Crippen molar-refractivity contribution >= 4 is 54.5 Å². The molecule has 0 spiro atoms. The van der Waals surface area contributed by atoms with Crippen LogP contribution in [0.4, 0.5) is 0 Å². The van der Waals surface area contributed by atoms with Gasteiger partial charge in [-0.1, -0.05) is 88.3 Å². The molecule has 0 radical (unpaired) electrons. The Morgan fingerprint density at radius 2 is 1.31 bits per heavy atom. The lowest BCUT2D eigenvalue weighted by molar-refractivity contribution is 0.177. The summed E-state index contributed by atoms with van der Waals surface area (Å²) in [6, 6.07) is 20.4. The highest BCUT2D eigenvalue weighted by Crippen LogP contribution is 2.53. The normalized spacial score (nSPS) is 19.0. The van der Waals surface area contributed by atoms with E-state index in [4.69, 9.17) is 0 Å². The summed E-state index contributed by atoms with van der Waals surface area (Å²) in [5, 5.41) is 5.74. The third-order valence-corrected chi connectivity index (χ3v) is 8.32. The molecule has 2 heteroatoms. The Kier molecular flexibility index (Phi) is 3.38. The van der Waals surface area contributed by atoms with E-state index >= 15 is 0 Å². The maximum Gasteiger partial charge on any atom is 0.177 e. The maximum atomic E-state index is 2.52. The first-order valence-electron chi connectivity index (χ1n) is 9.70. The topological polar surface area (TPSA) is 0 Å². The fourth-order valence-corrected chi connectivity index (χ4v) is 6.20. The first-order valence-corrected chi connectivity index (χ1v) is 10.5. The van der Waals surface area contributed by atoms with Gasteiger partial charge in [-0.2, -0.15) is 0 Å². The van der Waals surface area contributed by atoms with Crippen LogP contribution >= 0.6 is 11.3 Å². The second-order valence-electron chi connectivity index (χ2n) is 9.36. The molecule has 0 nitrogen and oxygen atoms in total. The van der Waals surface area contributed by atoms with E-state index in [9.17, 15) is 0 Å². The van der Waals surface area contributed by atoms with Gasteiger partial charge in [-0.25, -0.2) is 0 Å². The summed E-state index contributed by atoms with van der Waals surface area (Å²) in [5.41, 5.74) is 2.33. The van der Waals surface area contributed by atoms with E-state index in [0.717, 1.165) is 0 Å². The Morgan fingerprint density at radius 3 is 2.00 bits per heavy atom. The second kappa shape index (κ2) is 5.36. The molecule has 0 amide bonds. The van der Waals surface area contributed by atoms with E-state index in [1.807, 2.05) is 11.3 Å². The molecule has 1 saturated heterocycles. The first-order chi connectivity index (χ1) is 12.4. The van der Waals surface area contributed by atoms with Gasteiger partial charge in [-0.3, -0.25) is 0 Å². The number of thiophene rings is 1. The number of hydrogen-bond acceptors (Lipinski definition) is 1. The molecule has 0 N–H and O–H groups in total. The molecule has 1 aliphatic rings. The molecular weight excluding hydrogens is 331 g/mol. The minimum absolute atomic E-state index is 0.383. The third-order valence-electron chi connectivity index (χ3n) is 7.20. The third kappa shape index (κ3) is 2.21. The predicted octanol–water partition coefficient (Wildman–Crippen LogP) is 6.98. The van der Waals surface area contributed by atoms with Gasteiger partial charge in [0.1, 0.15) is 0 Å². The van der Waals surface area contributed by atoms with Crippen LogP contribution in [-0.2, 0) is 0 Å². The van der Waals surface area contributed by atoms with Crippen LogP contribution in [0.5, 0.6) is 0 Å². The van der Waals surface area contributed by atoms with Gasteiger partial charge < -0.3 is 0 Å². The van der Waals surface area contributed by atoms with Gasteiger partial charge >= 0.3 is 0 Å². The van der Waals surface area contributed by atoms with E-state index in [1.165, 1.54) is 43.6 Å². The lowest BCUT2D eigenvalue weighted by Gasteiger charge is -2.35. The summed E-state index contributed by atoms with van der Waals surface area (Å²) in [6.07, 6.45) is 2.56. The Labute approximate surface area is 160 Å². The highest BCUT2D eigenvalue weighted by molar-refractivity contribution is 7.26. The molecule has 2 heterocycles. The summed E-state index contributed by atoms with van der Waals surface area (Å²) in [5.74, 6) is 0. The molecule has 0 bridgehead atoms. The Bertz CT molecular complexity index is 1130. The number of benzene rings is 3. The highest BCUT2D eigenvalue weighted by atomic mass is 32.1. The van der Waals surface area contributed by atoms with Crippen molar-refractivity contribution in [2.45, 2.75) is 40.3 Å². The number of rotatable bonds is 1. The molecule has 1 aromatic heterocycles. The highest BCUT2D eigenvalue weighted by Gasteiger charge is 2.48. The zero-order valence-electron chi connectivity index (χ0n) is 16.1. The number of fused-ring (bicyclic) bond motifs is 5. The van der Waals surface area contributed by atoms with Crippen molar-refractivity contribution in [1.82, 2.24) is 0 Å². The average molecular weight is 356 g/mol. The molecule has 0 saturated carbocycles. The standard InChI is InChI=1S/C24H25BS/c1-23(2)14-25(15-24(23,3)4)19-13-21-22(17-10-6-5-9-16(17)19)18-11-7-8-12-20(18)26-21/h5-13H,14-15H2,1-4H3. The van der Waals surface area contributed by atoms with Crippen LogP contribution in [0.1, 0.15) is 27.7 Å². The summed E-state index contributed by atoms with van der Waals surface area (Å²) < 4.78 is 2.85. The van der Waals surface area contributed by atoms with Gasteiger partial charge in [0.05, 0.1) is 0 Å². The van der Waals surface area contributed by atoms with Gasteiger partial charge in [-0.15, -0.1) is 11.3 Å². The van der Waals surface area contributed by atoms with Crippen LogP contribution in [0.3, 0.4) is 0 Å². The van der Waals surface area contributed by atoms with Crippen molar-refractivity contribution in [1.29, 1.82) is 0 Å². The molecular formula is C24H25BS. The van der Waals surface area contributed by atoms with E-state index in [0.29, 0.717) is 17.5 Å². The second-order valence-corrected chi connectivity index (χ2v) is 10.4. The lowest BCUT2D eigenvalue weighted by atomic mass is 9.41. The maximum absolute atomic E-state index is 2.52. The Hall–Kier alpha value is -1.80. The van der Waals surface area contributed by atoms with E-state index in [-0.39, 0.29) is 0 Å². The molecule has 130 valence electrons. The van der Waals surface area contributed by atoms with Gasteiger partial charge in [0.25, 0.3) is 0 Å². The van der Waals surface area contributed by atoms with E-state index in [1.54, 1.807) is 5.46 Å². The molecule has 0 unspecified atom stereocenters. The predicted molar refractivity (Wildman–Crippen MR) is 119 cm³/mol. The molecule has 3 aromatic carbocycles. The summed E-state index contributed by atoms with van der Waals surface area (Å²) >= 11 is 1.95. The first kappa shape index (κ1) is 16.4. The van der Waals surface area contributed by atoms with Crippen LogP contribution in [0.25, 0.3) is 30.9 Å². The Morgan fingerprint density at radius 1 is 0.731 bits per heavy atom. The van der Waals surface area contributed by atoms with Crippen molar-refractivity contribution in [3.63, 3.8) is 0 Å². The fourth-order valence-electron chi connectivity index (χ4n) is 5.03. The van der Waals surface area contributed by atoms with Crippen LogP contribution in [-0.4, -0.2) is 6.71 Å². The molecule has 0 atom stereocenters. The van der Waals surface area contributed by atoms with Gasteiger partial charge in [-0.05, 0) is 33.7 Å². The average Bonchev–Trinajstić information content (AvgIpc) is 3.08. The molecule has 5 rings (SSSR count). The van der Waals surface area contributed by atoms with Crippen LogP contribution in [0, 0.1) is 10.8 Å². The van der Waals surface area contributed by atoms with Crippen molar-refractivity contribution < 1.29 is 0 Å². The Balaban J connectivity index is 1.82. The van der Waals surface area contributed by atoms with Crippen LogP contribution in [0.15, 0.2) is 54.6 Å². The largest absolute Gasteiger partial charge is 0.177 e. The molecule has 1 fully saturated rings. The van der Waals surface area contributed by atoms with Crippen molar-refractivity contribution in [2.24, 2.45) is 10.8 Å². The zero-order valence-corrected chi connectivity index (χ0v) is 16.9. The minimum Gasteiger partial charge on any atom is -0.135 e. The van der Waals surface area contributed by atoms with Crippen molar-refractivity contribution in [2.75, 3.05) is 0 Å². The molecule has 0 aliphatic carbocycles. The smallest absolute Gasteiger partial charge is 0.135 e. The number of hydrogen-bond donors (Lipinski definition) is 0. The quantitative estimate of drug-likeness (QED) is 0.323. The monoisotopic (exact) mass is 356 g/mol. The van der Waals surface area contributed by atoms with Gasteiger partial charge in [0.2, 0.25) is 0 Å². The lowest BCUT2D eigenvalue weighted by Crippen LogP contribution is -2.28. The summed E-state index contributed by atoms with van der Waals surface area (Å²) in [7, 11) is 0. The molecule has 26 heavy (non-hydrogen) atoms.